The number of thiazole rings is 1. The van der Waals surface area contributed by atoms with E-state index >= 15 is 0 Å². The molecular weight excluding hydrogens is 256 g/mol. The van der Waals surface area contributed by atoms with Crippen molar-refractivity contribution in [1.29, 1.82) is 0 Å². The first-order chi connectivity index (χ1) is 8.73. The number of piperidine rings is 1. The van der Waals surface area contributed by atoms with E-state index in [4.69, 9.17) is 4.98 Å². The lowest BCUT2D eigenvalue weighted by molar-refractivity contribution is 0.279. The summed E-state index contributed by atoms with van der Waals surface area (Å²) in [6.07, 6.45) is 2.43. The van der Waals surface area contributed by atoms with Crippen molar-refractivity contribution in [3.63, 3.8) is 0 Å². The summed E-state index contributed by atoms with van der Waals surface area (Å²) < 4.78 is 0. The molecule has 1 N–H and O–H groups in total. The normalized spacial score (nSPS) is 19.8. The average molecular weight is 282 g/mol. The molecule has 1 aliphatic rings. The van der Waals surface area contributed by atoms with Crippen LogP contribution in [-0.2, 0) is 12.0 Å². The van der Waals surface area contributed by atoms with Gasteiger partial charge in [0.05, 0.1) is 17.2 Å². The Balaban J connectivity index is 2.20. The van der Waals surface area contributed by atoms with Gasteiger partial charge in [-0.25, -0.2) is 4.98 Å². The first-order valence-corrected chi connectivity index (χ1v) is 7.90. The van der Waals surface area contributed by atoms with Crippen molar-refractivity contribution in [3.05, 3.63) is 10.6 Å². The van der Waals surface area contributed by atoms with Gasteiger partial charge < -0.3 is 10.0 Å². The summed E-state index contributed by atoms with van der Waals surface area (Å²) in [6.45, 7) is 13.4. The van der Waals surface area contributed by atoms with E-state index in [9.17, 15) is 5.11 Å². The van der Waals surface area contributed by atoms with Crippen LogP contribution >= 0.6 is 11.3 Å². The Morgan fingerprint density at radius 3 is 2.26 bits per heavy atom. The topological polar surface area (TPSA) is 36.4 Å². The quantitative estimate of drug-likeness (QED) is 0.901. The fourth-order valence-corrected chi connectivity index (χ4v) is 3.65. The Morgan fingerprint density at radius 2 is 1.84 bits per heavy atom. The minimum atomic E-state index is 0.00186. The summed E-state index contributed by atoms with van der Waals surface area (Å²) in [5.41, 5.74) is 1.52. The number of aliphatic hydroxyl groups excluding tert-OH is 1. The highest BCUT2D eigenvalue weighted by molar-refractivity contribution is 7.15. The zero-order valence-electron chi connectivity index (χ0n) is 12.8. The molecule has 0 unspecified atom stereocenters. The van der Waals surface area contributed by atoms with Crippen molar-refractivity contribution in [2.24, 2.45) is 5.41 Å². The van der Waals surface area contributed by atoms with Crippen molar-refractivity contribution < 1.29 is 5.11 Å². The van der Waals surface area contributed by atoms with Gasteiger partial charge in [0.25, 0.3) is 0 Å². The maximum atomic E-state index is 9.53. The SMILES string of the molecule is CC1(C)CCN(c2nc(C(C)(C)C)c(CO)s2)CC1. The van der Waals surface area contributed by atoms with Gasteiger partial charge in [-0.2, -0.15) is 0 Å². The molecule has 1 saturated heterocycles. The number of anilines is 1. The molecule has 0 spiro atoms. The van der Waals surface area contributed by atoms with Crippen molar-refractivity contribution in [2.45, 2.75) is 59.5 Å². The molecule has 2 rings (SSSR count). The molecule has 1 aromatic rings. The summed E-state index contributed by atoms with van der Waals surface area (Å²) in [5, 5.41) is 10.6. The summed E-state index contributed by atoms with van der Waals surface area (Å²) in [6, 6.07) is 0. The van der Waals surface area contributed by atoms with E-state index < -0.39 is 0 Å². The number of hydrogen-bond acceptors (Lipinski definition) is 4. The van der Waals surface area contributed by atoms with Crippen molar-refractivity contribution in [2.75, 3.05) is 18.0 Å². The number of aromatic nitrogens is 1. The fraction of sp³-hybridized carbons (Fsp3) is 0.800. The highest BCUT2D eigenvalue weighted by Crippen LogP contribution is 2.37. The van der Waals surface area contributed by atoms with E-state index in [0.29, 0.717) is 5.41 Å². The second-order valence-corrected chi connectivity index (χ2v) is 8.39. The first kappa shape index (κ1) is 14.8. The van der Waals surface area contributed by atoms with E-state index in [0.717, 1.165) is 28.8 Å². The Morgan fingerprint density at radius 1 is 1.26 bits per heavy atom. The molecule has 19 heavy (non-hydrogen) atoms. The molecule has 1 fully saturated rings. The molecule has 4 heteroatoms. The maximum absolute atomic E-state index is 9.53. The van der Waals surface area contributed by atoms with E-state index in [2.05, 4.69) is 39.5 Å². The smallest absolute Gasteiger partial charge is 0.185 e. The molecule has 0 atom stereocenters. The van der Waals surface area contributed by atoms with Crippen LogP contribution in [0.15, 0.2) is 0 Å². The number of nitrogens with zero attached hydrogens (tertiary/aromatic N) is 2. The molecule has 0 amide bonds. The van der Waals surface area contributed by atoms with E-state index in [1.807, 2.05) is 0 Å². The second-order valence-electron chi connectivity index (χ2n) is 7.33. The van der Waals surface area contributed by atoms with Crippen LogP contribution in [0.2, 0.25) is 0 Å². The van der Waals surface area contributed by atoms with Crippen LogP contribution in [0, 0.1) is 5.41 Å². The average Bonchev–Trinajstić information content (AvgIpc) is 2.72. The van der Waals surface area contributed by atoms with E-state index in [1.54, 1.807) is 11.3 Å². The van der Waals surface area contributed by atoms with Crippen LogP contribution in [0.4, 0.5) is 5.13 Å². The molecule has 1 aliphatic heterocycles. The van der Waals surface area contributed by atoms with Crippen LogP contribution in [0.1, 0.15) is 58.0 Å². The third kappa shape index (κ3) is 3.29. The van der Waals surface area contributed by atoms with Gasteiger partial charge in [0.15, 0.2) is 5.13 Å². The first-order valence-electron chi connectivity index (χ1n) is 7.09. The summed E-state index contributed by atoms with van der Waals surface area (Å²) in [5.74, 6) is 0. The highest BCUT2D eigenvalue weighted by Gasteiger charge is 2.29. The standard InChI is InChI=1S/C15H26N2OS/c1-14(2,3)12-11(10-18)19-13(16-12)17-8-6-15(4,5)7-9-17/h18H,6-10H2,1-5H3. The van der Waals surface area contributed by atoms with Crippen molar-refractivity contribution in [1.82, 2.24) is 4.98 Å². The Hall–Kier alpha value is -0.610. The van der Waals surface area contributed by atoms with Gasteiger partial charge in [-0.15, -0.1) is 0 Å². The Kier molecular flexibility index (Phi) is 3.94. The van der Waals surface area contributed by atoms with Gasteiger partial charge in [0, 0.05) is 18.5 Å². The lowest BCUT2D eigenvalue weighted by Gasteiger charge is -2.36. The van der Waals surface area contributed by atoms with Gasteiger partial charge in [-0.1, -0.05) is 46.0 Å². The van der Waals surface area contributed by atoms with Crippen LogP contribution in [0.25, 0.3) is 0 Å². The molecule has 0 saturated carbocycles. The zero-order valence-corrected chi connectivity index (χ0v) is 13.6. The Labute approximate surface area is 120 Å². The molecule has 0 bridgehead atoms. The predicted molar refractivity (Wildman–Crippen MR) is 82.0 cm³/mol. The zero-order chi connectivity index (χ0) is 14.3. The van der Waals surface area contributed by atoms with E-state index in [1.165, 1.54) is 12.8 Å². The molecule has 0 radical (unpaired) electrons. The summed E-state index contributed by atoms with van der Waals surface area (Å²) >= 11 is 1.66. The molecule has 3 nitrogen and oxygen atoms in total. The third-order valence-corrected chi connectivity index (χ3v) is 5.03. The van der Waals surface area contributed by atoms with Gasteiger partial charge >= 0.3 is 0 Å². The minimum absolute atomic E-state index is 0.00186. The molecule has 108 valence electrons. The van der Waals surface area contributed by atoms with Crippen molar-refractivity contribution >= 4 is 16.5 Å². The van der Waals surface area contributed by atoms with Gasteiger partial charge in [0.2, 0.25) is 0 Å². The monoisotopic (exact) mass is 282 g/mol. The highest BCUT2D eigenvalue weighted by atomic mass is 32.1. The van der Waals surface area contributed by atoms with Gasteiger partial charge in [-0.05, 0) is 18.3 Å². The molecule has 1 aromatic heterocycles. The third-order valence-electron chi connectivity index (χ3n) is 3.93. The minimum Gasteiger partial charge on any atom is -0.391 e. The van der Waals surface area contributed by atoms with Crippen LogP contribution < -0.4 is 4.90 Å². The molecular formula is C15H26N2OS. The Bertz CT molecular complexity index is 435. The number of rotatable bonds is 2. The number of hydrogen-bond donors (Lipinski definition) is 1. The van der Waals surface area contributed by atoms with Crippen molar-refractivity contribution in [3.8, 4) is 0 Å². The number of aliphatic hydroxyl groups is 1. The largest absolute Gasteiger partial charge is 0.391 e. The second kappa shape index (κ2) is 5.06. The summed E-state index contributed by atoms with van der Waals surface area (Å²) in [4.78, 5) is 8.21. The van der Waals surface area contributed by atoms with Crippen LogP contribution in [0.5, 0.6) is 0 Å². The lowest BCUT2D eigenvalue weighted by Crippen LogP contribution is -2.37. The van der Waals surface area contributed by atoms with E-state index in [-0.39, 0.29) is 12.0 Å². The predicted octanol–water partition coefficient (Wildman–Crippen LogP) is 3.56. The molecule has 0 aromatic carbocycles. The molecule has 0 aliphatic carbocycles. The lowest BCUT2D eigenvalue weighted by atomic mass is 9.83. The maximum Gasteiger partial charge on any atom is 0.185 e. The van der Waals surface area contributed by atoms with Crippen LogP contribution in [0.3, 0.4) is 0 Å². The fourth-order valence-electron chi connectivity index (χ4n) is 2.47. The summed E-state index contributed by atoms with van der Waals surface area (Å²) in [7, 11) is 0. The van der Waals surface area contributed by atoms with Gasteiger partial charge in [-0.3, -0.25) is 0 Å². The van der Waals surface area contributed by atoms with Gasteiger partial charge in [0.1, 0.15) is 0 Å². The van der Waals surface area contributed by atoms with Crippen LogP contribution in [-0.4, -0.2) is 23.2 Å². The molecule has 2 heterocycles.